The highest BCUT2D eigenvalue weighted by molar-refractivity contribution is 7.17. The number of nitrogens with zero attached hydrogens (tertiary/aromatic N) is 2. The molecule has 1 aliphatic heterocycles. The third-order valence-electron chi connectivity index (χ3n) is 2.95. The molecule has 0 bridgehead atoms. The van der Waals surface area contributed by atoms with Crippen molar-refractivity contribution in [3.8, 4) is 0 Å². The Morgan fingerprint density at radius 2 is 2.00 bits per heavy atom. The minimum atomic E-state index is 0.329. The molecule has 3 nitrogen and oxygen atoms in total. The number of carbonyl (C=O) groups is 1. The number of hydrogen-bond donors (Lipinski definition) is 0. The number of aromatic nitrogens is 1. The number of aldehydes is 1. The molecule has 1 aliphatic rings. The van der Waals surface area contributed by atoms with E-state index in [1.807, 2.05) is 0 Å². The van der Waals surface area contributed by atoms with Gasteiger partial charge in [0.15, 0.2) is 11.4 Å². The summed E-state index contributed by atoms with van der Waals surface area (Å²) in [4.78, 5) is 18.7. The number of thiazole rings is 1. The van der Waals surface area contributed by atoms with Crippen molar-refractivity contribution in [1.29, 1.82) is 0 Å². The number of piperidine rings is 1. The monoisotopic (exact) mass is 238 g/mol. The van der Waals surface area contributed by atoms with E-state index in [-0.39, 0.29) is 0 Å². The molecule has 0 radical (unpaired) electrons. The molecule has 0 aliphatic carbocycles. The van der Waals surface area contributed by atoms with E-state index < -0.39 is 0 Å². The van der Waals surface area contributed by atoms with Crippen molar-refractivity contribution in [3.63, 3.8) is 0 Å². The molecular formula is C12H18N2OS. The van der Waals surface area contributed by atoms with Gasteiger partial charge in [-0.25, -0.2) is 4.98 Å². The van der Waals surface area contributed by atoms with Crippen molar-refractivity contribution in [1.82, 2.24) is 4.98 Å². The van der Waals surface area contributed by atoms with E-state index in [1.54, 1.807) is 11.3 Å². The molecule has 1 aromatic rings. The van der Waals surface area contributed by atoms with Crippen LogP contribution in [0, 0.1) is 0 Å². The zero-order valence-electron chi connectivity index (χ0n) is 9.90. The lowest BCUT2D eigenvalue weighted by Gasteiger charge is -2.25. The topological polar surface area (TPSA) is 33.2 Å². The Morgan fingerprint density at radius 1 is 1.31 bits per heavy atom. The molecule has 4 heteroatoms. The Kier molecular flexibility index (Phi) is 3.59. The predicted molar refractivity (Wildman–Crippen MR) is 67.7 cm³/mol. The van der Waals surface area contributed by atoms with Gasteiger partial charge in [-0.05, 0) is 25.2 Å². The van der Waals surface area contributed by atoms with Crippen LogP contribution in [0.4, 0.5) is 5.13 Å². The highest BCUT2D eigenvalue weighted by Crippen LogP contribution is 2.30. The summed E-state index contributed by atoms with van der Waals surface area (Å²) in [7, 11) is 0. The zero-order chi connectivity index (χ0) is 11.5. The normalized spacial score (nSPS) is 16.8. The van der Waals surface area contributed by atoms with E-state index in [0.717, 1.165) is 35.1 Å². The number of carbonyl (C=O) groups excluding carboxylic acids is 1. The smallest absolute Gasteiger partial charge is 0.186 e. The van der Waals surface area contributed by atoms with Crippen molar-refractivity contribution >= 4 is 22.8 Å². The van der Waals surface area contributed by atoms with Gasteiger partial charge in [-0.2, -0.15) is 0 Å². The SMILES string of the molecule is CC(C)c1nc(N2CCCCC2)sc1C=O. The standard InChI is InChI=1S/C12H18N2OS/c1-9(2)11-10(8-15)16-12(13-11)14-6-4-3-5-7-14/h8-9H,3-7H2,1-2H3. The Morgan fingerprint density at radius 3 is 2.50 bits per heavy atom. The zero-order valence-corrected chi connectivity index (χ0v) is 10.7. The molecule has 0 N–H and O–H groups in total. The minimum absolute atomic E-state index is 0.329. The maximum absolute atomic E-state index is 11.0. The van der Waals surface area contributed by atoms with E-state index in [4.69, 9.17) is 0 Å². The van der Waals surface area contributed by atoms with Crippen molar-refractivity contribution in [2.75, 3.05) is 18.0 Å². The van der Waals surface area contributed by atoms with Gasteiger partial charge in [-0.1, -0.05) is 25.2 Å². The second-order valence-electron chi connectivity index (χ2n) is 4.57. The molecule has 0 atom stereocenters. The molecular weight excluding hydrogens is 220 g/mol. The van der Waals surface area contributed by atoms with Crippen LogP contribution >= 0.6 is 11.3 Å². The molecule has 1 aromatic heterocycles. The van der Waals surface area contributed by atoms with Gasteiger partial charge in [0.05, 0.1) is 10.6 Å². The van der Waals surface area contributed by atoms with Crippen LogP contribution in [0.2, 0.25) is 0 Å². The van der Waals surface area contributed by atoms with Gasteiger partial charge < -0.3 is 4.90 Å². The van der Waals surface area contributed by atoms with Gasteiger partial charge in [0.25, 0.3) is 0 Å². The first-order chi connectivity index (χ1) is 7.72. The Hall–Kier alpha value is -0.900. The quantitative estimate of drug-likeness (QED) is 0.759. The van der Waals surface area contributed by atoms with Crippen molar-refractivity contribution in [2.24, 2.45) is 0 Å². The number of anilines is 1. The summed E-state index contributed by atoms with van der Waals surface area (Å²) in [5, 5.41) is 1.03. The van der Waals surface area contributed by atoms with Crippen molar-refractivity contribution in [2.45, 2.75) is 39.0 Å². The lowest BCUT2D eigenvalue weighted by Crippen LogP contribution is -2.29. The van der Waals surface area contributed by atoms with Crippen molar-refractivity contribution in [3.05, 3.63) is 10.6 Å². The van der Waals surface area contributed by atoms with E-state index in [9.17, 15) is 4.79 Å². The van der Waals surface area contributed by atoms with Crippen LogP contribution in [-0.2, 0) is 0 Å². The molecule has 16 heavy (non-hydrogen) atoms. The fraction of sp³-hybridized carbons (Fsp3) is 0.667. The minimum Gasteiger partial charge on any atom is -0.348 e. The van der Waals surface area contributed by atoms with Crippen LogP contribution in [0.5, 0.6) is 0 Å². The molecule has 0 saturated carbocycles. The molecule has 0 spiro atoms. The predicted octanol–water partition coefficient (Wildman–Crippen LogP) is 3.07. The van der Waals surface area contributed by atoms with E-state index >= 15 is 0 Å². The van der Waals surface area contributed by atoms with Crippen LogP contribution in [-0.4, -0.2) is 24.4 Å². The molecule has 1 saturated heterocycles. The third-order valence-corrected chi connectivity index (χ3v) is 4.01. The lowest BCUT2D eigenvalue weighted by molar-refractivity contribution is 0.112. The third kappa shape index (κ3) is 2.26. The summed E-state index contributed by atoms with van der Waals surface area (Å²) in [5.74, 6) is 0.329. The first-order valence-electron chi connectivity index (χ1n) is 5.93. The highest BCUT2D eigenvalue weighted by Gasteiger charge is 2.19. The summed E-state index contributed by atoms with van der Waals surface area (Å²) in [5.41, 5.74) is 0.959. The van der Waals surface area contributed by atoms with Crippen LogP contribution in [0.25, 0.3) is 0 Å². The summed E-state index contributed by atoms with van der Waals surface area (Å²) in [6.45, 7) is 6.34. The molecule has 0 aromatic carbocycles. The van der Waals surface area contributed by atoms with Crippen LogP contribution in [0.3, 0.4) is 0 Å². The Balaban J connectivity index is 2.24. The van der Waals surface area contributed by atoms with Gasteiger partial charge in [0, 0.05) is 13.1 Å². The van der Waals surface area contributed by atoms with Gasteiger partial charge in [0.1, 0.15) is 0 Å². The van der Waals surface area contributed by atoms with Gasteiger partial charge >= 0.3 is 0 Å². The Labute approximate surface area is 100 Å². The first-order valence-corrected chi connectivity index (χ1v) is 6.75. The molecule has 88 valence electrons. The second-order valence-corrected chi connectivity index (χ2v) is 5.58. The molecule has 2 heterocycles. The first kappa shape index (κ1) is 11.6. The molecule has 0 amide bonds. The van der Waals surface area contributed by atoms with Crippen LogP contribution in [0.1, 0.15) is 54.4 Å². The summed E-state index contributed by atoms with van der Waals surface area (Å²) in [6, 6.07) is 0. The highest BCUT2D eigenvalue weighted by atomic mass is 32.1. The number of rotatable bonds is 3. The second kappa shape index (κ2) is 4.95. The fourth-order valence-electron chi connectivity index (χ4n) is 2.05. The number of hydrogen-bond acceptors (Lipinski definition) is 4. The summed E-state index contributed by atoms with van der Waals surface area (Å²) >= 11 is 1.54. The Bertz CT molecular complexity index is 367. The summed E-state index contributed by atoms with van der Waals surface area (Å²) < 4.78 is 0. The van der Waals surface area contributed by atoms with E-state index in [1.165, 1.54) is 19.3 Å². The largest absolute Gasteiger partial charge is 0.348 e. The van der Waals surface area contributed by atoms with Gasteiger partial charge in [-0.15, -0.1) is 0 Å². The fourth-order valence-corrected chi connectivity index (χ4v) is 3.14. The average molecular weight is 238 g/mol. The summed E-state index contributed by atoms with van der Waals surface area (Å²) in [6.07, 6.45) is 4.75. The van der Waals surface area contributed by atoms with Gasteiger partial charge in [-0.3, -0.25) is 4.79 Å². The van der Waals surface area contributed by atoms with Gasteiger partial charge in [0.2, 0.25) is 0 Å². The molecule has 2 rings (SSSR count). The van der Waals surface area contributed by atoms with Crippen LogP contribution < -0.4 is 4.90 Å². The molecule has 1 fully saturated rings. The molecule has 0 unspecified atom stereocenters. The van der Waals surface area contributed by atoms with E-state index in [2.05, 4.69) is 23.7 Å². The lowest BCUT2D eigenvalue weighted by atomic mass is 10.1. The maximum Gasteiger partial charge on any atom is 0.186 e. The van der Waals surface area contributed by atoms with Crippen molar-refractivity contribution < 1.29 is 4.79 Å². The maximum atomic E-state index is 11.0. The average Bonchev–Trinajstić information content (AvgIpc) is 2.74. The van der Waals surface area contributed by atoms with E-state index in [0.29, 0.717) is 5.92 Å². The van der Waals surface area contributed by atoms with Crippen LogP contribution in [0.15, 0.2) is 0 Å².